The molecule has 0 atom stereocenters. The van der Waals surface area contributed by atoms with Crippen LogP contribution in [-0.4, -0.2) is 54.9 Å². The number of anilines is 1. The maximum absolute atomic E-state index is 13.7. The molecular weight excluding hydrogens is 343 g/mol. The molecule has 0 radical (unpaired) electrons. The summed E-state index contributed by atoms with van der Waals surface area (Å²) in [5, 5.41) is 3.46. The fourth-order valence-electron chi connectivity index (χ4n) is 2.84. The minimum atomic E-state index is -0.352. The number of likely N-dealkylation sites (tertiary alicyclic amines) is 1. The zero-order valence-corrected chi connectivity index (χ0v) is 14.9. The van der Waals surface area contributed by atoms with Gasteiger partial charge in [0.25, 0.3) is 0 Å². The van der Waals surface area contributed by atoms with Gasteiger partial charge in [-0.1, -0.05) is 17.4 Å². The Bertz CT molecular complexity index is 779. The van der Waals surface area contributed by atoms with Crippen LogP contribution in [0.5, 0.6) is 0 Å². The third-order valence-corrected chi connectivity index (χ3v) is 5.30. The monoisotopic (exact) mass is 364 g/mol. The van der Waals surface area contributed by atoms with E-state index in [1.807, 2.05) is 11.0 Å². The Balaban J connectivity index is 1.45. The average Bonchev–Trinajstić information content (AvgIpc) is 3.19. The van der Waals surface area contributed by atoms with Crippen LogP contribution in [0, 0.1) is 5.82 Å². The standard InChI is InChI=1S/C17H21FN4O2S/c1-21(17-20-16-12(18)5-2-6-13(16)25-17)11-14(23)19-8-4-10-22-9-3-7-15(22)24/h2,5-6H,3-4,7-11H2,1H3,(H,19,23). The van der Waals surface area contributed by atoms with E-state index in [0.717, 1.165) is 24.1 Å². The summed E-state index contributed by atoms with van der Waals surface area (Å²) in [6.45, 7) is 2.20. The van der Waals surface area contributed by atoms with Crippen molar-refractivity contribution in [1.29, 1.82) is 0 Å². The van der Waals surface area contributed by atoms with E-state index in [2.05, 4.69) is 10.3 Å². The van der Waals surface area contributed by atoms with E-state index < -0.39 is 0 Å². The maximum atomic E-state index is 13.7. The van der Waals surface area contributed by atoms with E-state index in [1.165, 1.54) is 17.4 Å². The minimum Gasteiger partial charge on any atom is -0.354 e. The van der Waals surface area contributed by atoms with Crippen LogP contribution in [0.4, 0.5) is 9.52 Å². The number of thiazole rings is 1. The molecule has 1 aromatic heterocycles. The van der Waals surface area contributed by atoms with E-state index in [-0.39, 0.29) is 24.2 Å². The number of benzene rings is 1. The van der Waals surface area contributed by atoms with Crippen LogP contribution in [0.25, 0.3) is 10.2 Å². The number of hydrogen-bond donors (Lipinski definition) is 1. The lowest BCUT2D eigenvalue weighted by atomic mass is 10.3. The zero-order chi connectivity index (χ0) is 17.8. The number of nitrogens with one attached hydrogen (secondary N) is 1. The van der Waals surface area contributed by atoms with Crippen molar-refractivity contribution >= 4 is 38.5 Å². The first-order valence-corrected chi connectivity index (χ1v) is 9.17. The Morgan fingerprint density at radius 2 is 2.32 bits per heavy atom. The van der Waals surface area contributed by atoms with Gasteiger partial charge in [-0.3, -0.25) is 9.59 Å². The van der Waals surface area contributed by atoms with Gasteiger partial charge in [-0.15, -0.1) is 0 Å². The normalized spacial score (nSPS) is 14.3. The number of para-hydroxylation sites is 1. The Morgan fingerprint density at radius 1 is 1.48 bits per heavy atom. The van der Waals surface area contributed by atoms with E-state index in [0.29, 0.717) is 30.2 Å². The second-order valence-corrected chi connectivity index (χ2v) is 7.14. The number of likely N-dealkylation sites (N-methyl/N-ethyl adjacent to an activating group) is 1. The highest BCUT2D eigenvalue weighted by molar-refractivity contribution is 7.22. The van der Waals surface area contributed by atoms with Gasteiger partial charge in [-0.05, 0) is 25.0 Å². The van der Waals surface area contributed by atoms with Crippen LogP contribution in [0.2, 0.25) is 0 Å². The van der Waals surface area contributed by atoms with Gasteiger partial charge in [0.05, 0.1) is 11.2 Å². The van der Waals surface area contributed by atoms with Gasteiger partial charge in [-0.2, -0.15) is 0 Å². The number of nitrogens with zero attached hydrogens (tertiary/aromatic N) is 3. The van der Waals surface area contributed by atoms with Crippen molar-refractivity contribution < 1.29 is 14.0 Å². The quantitative estimate of drug-likeness (QED) is 0.763. The SMILES string of the molecule is CN(CC(=O)NCCCN1CCCC1=O)c1nc2c(F)cccc2s1. The Morgan fingerprint density at radius 3 is 3.04 bits per heavy atom. The number of aromatic nitrogens is 1. The third kappa shape index (κ3) is 4.25. The molecule has 1 N–H and O–H groups in total. The van der Waals surface area contributed by atoms with Gasteiger partial charge >= 0.3 is 0 Å². The molecule has 1 aromatic carbocycles. The predicted octanol–water partition coefficient (Wildman–Crippen LogP) is 2.00. The topological polar surface area (TPSA) is 65.5 Å². The highest BCUT2D eigenvalue weighted by Gasteiger charge is 2.19. The number of halogens is 1. The molecule has 8 heteroatoms. The van der Waals surface area contributed by atoms with Gasteiger partial charge in [-0.25, -0.2) is 9.37 Å². The predicted molar refractivity (Wildman–Crippen MR) is 96.3 cm³/mol. The number of hydrogen-bond acceptors (Lipinski definition) is 5. The Labute approximate surface area is 149 Å². The average molecular weight is 364 g/mol. The lowest BCUT2D eigenvalue weighted by Gasteiger charge is -2.17. The largest absolute Gasteiger partial charge is 0.354 e. The van der Waals surface area contributed by atoms with Crippen molar-refractivity contribution in [3.8, 4) is 0 Å². The van der Waals surface area contributed by atoms with Gasteiger partial charge in [0.2, 0.25) is 11.8 Å². The second kappa shape index (κ2) is 7.77. The summed E-state index contributed by atoms with van der Waals surface area (Å²) < 4.78 is 14.5. The molecule has 2 heterocycles. The Hall–Kier alpha value is -2.22. The van der Waals surface area contributed by atoms with E-state index in [9.17, 15) is 14.0 Å². The highest BCUT2D eigenvalue weighted by atomic mass is 32.1. The number of carbonyl (C=O) groups excluding carboxylic acids is 2. The first kappa shape index (κ1) is 17.6. The molecule has 6 nitrogen and oxygen atoms in total. The van der Waals surface area contributed by atoms with Crippen molar-refractivity contribution in [2.75, 3.05) is 38.1 Å². The molecule has 2 amide bonds. The lowest BCUT2D eigenvalue weighted by molar-refractivity contribution is -0.127. The summed E-state index contributed by atoms with van der Waals surface area (Å²) in [5.41, 5.74) is 0.338. The van der Waals surface area contributed by atoms with Gasteiger partial charge in [0.15, 0.2) is 5.13 Å². The molecule has 0 unspecified atom stereocenters. The van der Waals surface area contributed by atoms with Crippen LogP contribution in [0.3, 0.4) is 0 Å². The second-order valence-electron chi connectivity index (χ2n) is 6.13. The van der Waals surface area contributed by atoms with Crippen molar-refractivity contribution in [3.63, 3.8) is 0 Å². The van der Waals surface area contributed by atoms with Crippen LogP contribution in [0.15, 0.2) is 18.2 Å². The smallest absolute Gasteiger partial charge is 0.239 e. The first-order chi connectivity index (χ1) is 12.0. The number of carbonyl (C=O) groups is 2. The molecule has 1 aliphatic heterocycles. The van der Waals surface area contributed by atoms with Gasteiger partial charge in [0.1, 0.15) is 11.3 Å². The molecule has 0 spiro atoms. The lowest BCUT2D eigenvalue weighted by Crippen LogP contribution is -2.36. The summed E-state index contributed by atoms with van der Waals surface area (Å²) in [4.78, 5) is 31.4. The zero-order valence-electron chi connectivity index (χ0n) is 14.1. The molecule has 3 rings (SSSR count). The van der Waals surface area contributed by atoms with Crippen molar-refractivity contribution in [2.24, 2.45) is 0 Å². The fraction of sp³-hybridized carbons (Fsp3) is 0.471. The van der Waals surface area contributed by atoms with E-state index in [4.69, 9.17) is 0 Å². The number of rotatable bonds is 7. The number of fused-ring (bicyclic) bond motifs is 1. The van der Waals surface area contributed by atoms with Crippen molar-refractivity contribution in [1.82, 2.24) is 15.2 Å². The van der Waals surface area contributed by atoms with E-state index >= 15 is 0 Å². The van der Waals surface area contributed by atoms with Crippen molar-refractivity contribution in [3.05, 3.63) is 24.0 Å². The Kier molecular flexibility index (Phi) is 5.47. The molecule has 134 valence electrons. The molecule has 1 saturated heterocycles. The fourth-order valence-corrected chi connectivity index (χ4v) is 3.78. The minimum absolute atomic E-state index is 0.116. The van der Waals surface area contributed by atoms with Crippen LogP contribution in [-0.2, 0) is 9.59 Å². The molecule has 2 aromatic rings. The maximum Gasteiger partial charge on any atom is 0.239 e. The van der Waals surface area contributed by atoms with Crippen LogP contribution in [0.1, 0.15) is 19.3 Å². The summed E-state index contributed by atoms with van der Waals surface area (Å²) in [7, 11) is 1.76. The highest BCUT2D eigenvalue weighted by Crippen LogP contribution is 2.29. The molecule has 1 aliphatic rings. The molecule has 25 heavy (non-hydrogen) atoms. The molecule has 0 aliphatic carbocycles. The van der Waals surface area contributed by atoms with Crippen molar-refractivity contribution in [2.45, 2.75) is 19.3 Å². The van der Waals surface area contributed by atoms with Crippen LogP contribution >= 0.6 is 11.3 Å². The first-order valence-electron chi connectivity index (χ1n) is 8.35. The van der Waals surface area contributed by atoms with Gasteiger partial charge in [0, 0.05) is 33.1 Å². The molecule has 0 saturated carbocycles. The summed E-state index contributed by atoms with van der Waals surface area (Å²) in [5.74, 6) is -0.265. The molecular formula is C17H21FN4O2S. The van der Waals surface area contributed by atoms with Crippen LogP contribution < -0.4 is 10.2 Å². The summed E-state index contributed by atoms with van der Waals surface area (Å²) in [6, 6.07) is 4.84. The van der Waals surface area contributed by atoms with E-state index in [1.54, 1.807) is 18.0 Å². The summed E-state index contributed by atoms with van der Waals surface area (Å²) >= 11 is 1.36. The van der Waals surface area contributed by atoms with Gasteiger partial charge < -0.3 is 15.1 Å². The molecule has 0 bridgehead atoms. The number of amides is 2. The molecule has 1 fully saturated rings. The summed E-state index contributed by atoms with van der Waals surface area (Å²) in [6.07, 6.45) is 2.31. The third-order valence-electron chi connectivity index (χ3n) is 4.16.